The normalized spacial score (nSPS) is 26.1. The molecule has 2 aliphatic rings. The Labute approximate surface area is 244 Å². The predicted octanol–water partition coefficient (Wildman–Crippen LogP) is 4.68. The van der Waals surface area contributed by atoms with E-state index in [1.807, 2.05) is 103 Å². The van der Waals surface area contributed by atoms with Gasteiger partial charge in [-0.05, 0) is 28.8 Å². The van der Waals surface area contributed by atoms with E-state index in [2.05, 4.69) is 16.0 Å². The molecule has 1 saturated carbocycles. The van der Waals surface area contributed by atoms with Crippen molar-refractivity contribution in [1.82, 2.24) is 14.6 Å². The largest absolute Gasteiger partial charge is 0.382 e. The summed E-state index contributed by atoms with van der Waals surface area (Å²) in [7, 11) is 0. The molecule has 3 aromatic carbocycles. The number of nitrogens with zero attached hydrogens (tertiary/aromatic N) is 3. The quantitative estimate of drug-likeness (QED) is 0.249. The molecule has 0 radical (unpaired) electrons. The van der Waals surface area contributed by atoms with Crippen molar-refractivity contribution in [2.24, 2.45) is 0 Å². The summed E-state index contributed by atoms with van der Waals surface area (Å²) in [4.78, 5) is 4.13. The molecule has 1 aliphatic heterocycles. The van der Waals surface area contributed by atoms with E-state index in [-0.39, 0.29) is 0 Å². The summed E-state index contributed by atoms with van der Waals surface area (Å²) in [6.07, 6.45) is 6.15. The highest BCUT2D eigenvalue weighted by molar-refractivity contribution is 5.66. The van der Waals surface area contributed by atoms with Crippen molar-refractivity contribution >= 4 is 11.3 Å². The number of rotatable bonds is 10. The van der Waals surface area contributed by atoms with Crippen molar-refractivity contribution in [1.29, 1.82) is 0 Å². The van der Waals surface area contributed by atoms with Crippen molar-refractivity contribution < 1.29 is 18.9 Å². The topological polar surface area (TPSA) is 93.1 Å². The number of anilines is 1. The summed E-state index contributed by atoms with van der Waals surface area (Å²) < 4.78 is 28.6. The number of terminal acetylenes is 1. The van der Waals surface area contributed by atoms with Gasteiger partial charge in [0.2, 0.25) is 0 Å². The van der Waals surface area contributed by atoms with Gasteiger partial charge in [0.25, 0.3) is 0 Å². The van der Waals surface area contributed by atoms with Gasteiger partial charge < -0.3 is 24.7 Å². The Morgan fingerprint density at radius 3 is 2.02 bits per heavy atom. The Balaban J connectivity index is 1.30. The Morgan fingerprint density at radius 2 is 1.40 bits per heavy atom. The molecule has 2 N–H and O–H groups in total. The number of nitrogen functional groups attached to an aromatic ring is 1. The minimum absolute atomic E-state index is 0.299. The van der Waals surface area contributed by atoms with Crippen molar-refractivity contribution in [3.05, 3.63) is 132 Å². The maximum absolute atomic E-state index is 6.83. The first-order valence-electron chi connectivity index (χ1n) is 13.9. The second-order valence-electron chi connectivity index (χ2n) is 10.6. The zero-order valence-electron chi connectivity index (χ0n) is 22.9. The molecule has 0 bridgehead atoms. The lowest BCUT2D eigenvalue weighted by molar-refractivity contribution is -0.166. The molecule has 8 nitrogen and oxygen atoms in total. The second-order valence-corrected chi connectivity index (χ2v) is 10.6. The van der Waals surface area contributed by atoms with Crippen LogP contribution in [0, 0.1) is 12.3 Å². The monoisotopic (exact) mass is 558 g/mol. The van der Waals surface area contributed by atoms with Crippen molar-refractivity contribution in [3.8, 4) is 12.3 Å². The highest BCUT2D eigenvalue weighted by Gasteiger charge is 2.84. The third kappa shape index (κ3) is 4.35. The van der Waals surface area contributed by atoms with Crippen molar-refractivity contribution in [2.75, 3.05) is 5.73 Å². The number of fused-ring (bicyclic) bond motifs is 2. The number of hydrogen-bond donors (Lipinski definition) is 1. The molecule has 2 fully saturated rings. The summed E-state index contributed by atoms with van der Waals surface area (Å²) in [6.45, 7) is 1.03. The molecule has 0 amide bonds. The lowest BCUT2D eigenvalue weighted by Gasteiger charge is -2.36. The minimum Gasteiger partial charge on any atom is -0.382 e. The molecule has 0 spiro atoms. The zero-order chi connectivity index (χ0) is 28.6. The molecule has 1 aliphatic carbocycles. The van der Waals surface area contributed by atoms with Crippen LogP contribution in [0.2, 0.25) is 0 Å². The maximum Gasteiger partial charge on any atom is 0.200 e. The summed E-state index contributed by atoms with van der Waals surface area (Å²) in [6, 6.07) is 33.7. The fourth-order valence-electron chi connectivity index (χ4n) is 5.97. The van der Waals surface area contributed by atoms with Crippen LogP contribution < -0.4 is 5.73 Å². The van der Waals surface area contributed by atoms with Crippen LogP contribution in [0.3, 0.4) is 0 Å². The highest BCUT2D eigenvalue weighted by atomic mass is 16.7. The summed E-state index contributed by atoms with van der Waals surface area (Å²) in [5.41, 5.74) is 8.17. The van der Waals surface area contributed by atoms with Crippen LogP contribution >= 0.6 is 0 Å². The van der Waals surface area contributed by atoms with E-state index in [1.165, 1.54) is 6.33 Å². The lowest BCUT2D eigenvalue weighted by Crippen LogP contribution is -2.50. The van der Waals surface area contributed by atoms with Crippen LogP contribution in [0.5, 0.6) is 0 Å². The minimum atomic E-state index is -1.34. The van der Waals surface area contributed by atoms with E-state index < -0.39 is 29.5 Å². The first-order chi connectivity index (χ1) is 20.7. The van der Waals surface area contributed by atoms with E-state index in [1.54, 1.807) is 4.52 Å². The lowest BCUT2D eigenvalue weighted by atomic mass is 9.89. The molecular weight excluding hydrogens is 528 g/mol. The van der Waals surface area contributed by atoms with Crippen LogP contribution in [0.1, 0.15) is 22.4 Å². The number of hydrogen-bond acceptors (Lipinski definition) is 7. The van der Waals surface area contributed by atoms with Gasteiger partial charge >= 0.3 is 0 Å². The number of aromatic nitrogens is 3. The Hall–Kier alpha value is -4.52. The van der Waals surface area contributed by atoms with Gasteiger partial charge in [0.15, 0.2) is 17.0 Å². The van der Waals surface area contributed by atoms with Crippen molar-refractivity contribution in [2.45, 2.75) is 49.3 Å². The van der Waals surface area contributed by atoms with Gasteiger partial charge in [0.05, 0.1) is 25.5 Å². The molecular formula is C34H30N4O4. The SMILES string of the molecule is C#CC1(c2ccc3c(N)ncnn23)O[C@@H]2C(OCc3ccccc3)[C@]2(OCc2ccccc2)[C@H]1OCc1ccccc1. The van der Waals surface area contributed by atoms with E-state index in [0.717, 1.165) is 16.7 Å². The number of nitrogens with two attached hydrogens (primary N) is 1. The fourth-order valence-corrected chi connectivity index (χ4v) is 5.97. The predicted molar refractivity (Wildman–Crippen MR) is 157 cm³/mol. The molecule has 5 aromatic rings. The molecule has 3 heterocycles. The van der Waals surface area contributed by atoms with Gasteiger partial charge in [-0.15, -0.1) is 6.42 Å². The van der Waals surface area contributed by atoms with E-state index in [4.69, 9.17) is 31.1 Å². The van der Waals surface area contributed by atoms with E-state index in [9.17, 15) is 0 Å². The first kappa shape index (κ1) is 26.4. The smallest absolute Gasteiger partial charge is 0.200 e. The molecule has 2 unspecified atom stereocenters. The third-order valence-corrected chi connectivity index (χ3v) is 8.09. The molecule has 8 heteroatoms. The number of ether oxygens (including phenoxy) is 4. The average molecular weight is 559 g/mol. The van der Waals surface area contributed by atoms with Crippen molar-refractivity contribution in [3.63, 3.8) is 0 Å². The van der Waals surface area contributed by atoms with Gasteiger partial charge in [-0.25, -0.2) is 9.50 Å². The van der Waals surface area contributed by atoms with Gasteiger partial charge in [-0.3, -0.25) is 0 Å². The molecule has 42 heavy (non-hydrogen) atoms. The molecule has 7 rings (SSSR count). The van der Waals surface area contributed by atoms with Crippen LogP contribution in [0.25, 0.3) is 5.52 Å². The van der Waals surface area contributed by atoms with Gasteiger partial charge in [-0.2, -0.15) is 5.10 Å². The fraction of sp³-hybridized carbons (Fsp3) is 0.235. The summed E-state index contributed by atoms with van der Waals surface area (Å²) >= 11 is 0. The first-order valence-corrected chi connectivity index (χ1v) is 13.9. The molecule has 1 saturated heterocycles. The van der Waals surface area contributed by atoms with Crippen LogP contribution in [0.4, 0.5) is 5.82 Å². The van der Waals surface area contributed by atoms with Crippen LogP contribution in [-0.4, -0.2) is 38.5 Å². The van der Waals surface area contributed by atoms with E-state index >= 15 is 0 Å². The summed E-state index contributed by atoms with van der Waals surface area (Å²) in [5, 5.41) is 4.47. The Bertz CT molecular complexity index is 1720. The summed E-state index contributed by atoms with van der Waals surface area (Å²) in [5.74, 6) is 3.29. The van der Waals surface area contributed by atoms with Gasteiger partial charge in [0.1, 0.15) is 30.2 Å². The molecule has 210 valence electrons. The number of benzene rings is 3. The van der Waals surface area contributed by atoms with E-state index in [0.29, 0.717) is 36.8 Å². The molecule has 2 aromatic heterocycles. The maximum atomic E-state index is 6.83. The van der Waals surface area contributed by atoms with Gasteiger partial charge in [-0.1, -0.05) is 96.9 Å². The second kappa shape index (κ2) is 10.7. The molecule has 5 atom stereocenters. The van der Waals surface area contributed by atoms with Gasteiger partial charge in [0, 0.05) is 0 Å². The average Bonchev–Trinajstić information content (AvgIpc) is 3.29. The zero-order valence-corrected chi connectivity index (χ0v) is 22.9. The third-order valence-electron chi connectivity index (χ3n) is 8.09. The Kier molecular flexibility index (Phi) is 6.73. The standard InChI is InChI=1S/C34H30N4O4/c1-2-33(28-19-18-27-31(35)36-23-37-38(27)28)32(40-21-25-14-8-4-9-15-25)34(41-22-26-16-10-5-11-17-26)29(30(34)42-33)39-20-24-12-6-3-7-13-24/h1,3-19,23,29-30,32H,20-22H2,(H2,35,36,37)/t29?,30-,32+,33?,34-/m1/s1. The highest BCUT2D eigenvalue weighted by Crippen LogP contribution is 2.63. The Morgan fingerprint density at radius 1 is 0.810 bits per heavy atom. The van der Waals surface area contributed by atoms with Crippen LogP contribution in [0.15, 0.2) is 109 Å². The van der Waals surface area contributed by atoms with Crippen LogP contribution in [-0.2, 0) is 44.4 Å².